The van der Waals surface area contributed by atoms with Gasteiger partial charge in [-0.1, -0.05) is 32.9 Å². The van der Waals surface area contributed by atoms with E-state index in [1.54, 1.807) is 12.4 Å². The minimum Gasteiger partial charge on any atom is -0.371 e. The predicted octanol–water partition coefficient (Wildman–Crippen LogP) is 4.09. The predicted molar refractivity (Wildman–Crippen MR) is 104 cm³/mol. The van der Waals surface area contributed by atoms with Crippen LogP contribution in [-0.2, 0) is 5.41 Å². The molecule has 25 heavy (non-hydrogen) atoms. The highest BCUT2D eigenvalue weighted by Gasteiger charge is 2.22. The molecule has 2 heterocycles. The summed E-state index contributed by atoms with van der Waals surface area (Å²) in [6.07, 6.45) is 7.65. The molecule has 1 N–H and O–H groups in total. The van der Waals surface area contributed by atoms with Crippen LogP contribution in [0.3, 0.4) is 0 Å². The zero-order chi connectivity index (χ0) is 17.9. The second-order valence-electron chi connectivity index (χ2n) is 8.08. The number of rotatable bonds is 4. The Labute approximate surface area is 151 Å². The van der Waals surface area contributed by atoms with Crippen molar-refractivity contribution in [3.05, 3.63) is 54.1 Å². The van der Waals surface area contributed by atoms with Gasteiger partial charge in [-0.3, -0.25) is 9.97 Å². The number of piperidine rings is 1. The molecular weight excluding hydrogens is 308 g/mol. The van der Waals surface area contributed by atoms with Gasteiger partial charge in [-0.15, -0.1) is 0 Å². The quantitative estimate of drug-likeness (QED) is 0.911. The summed E-state index contributed by atoms with van der Waals surface area (Å²) in [7, 11) is 0. The van der Waals surface area contributed by atoms with Gasteiger partial charge in [0, 0.05) is 49.5 Å². The largest absolute Gasteiger partial charge is 0.371 e. The lowest BCUT2D eigenvalue weighted by molar-refractivity contribution is 0.377. The van der Waals surface area contributed by atoms with Crippen LogP contribution in [-0.4, -0.2) is 29.1 Å². The average molecular weight is 338 g/mol. The second kappa shape index (κ2) is 7.52. The van der Waals surface area contributed by atoms with Crippen LogP contribution in [0.4, 0.5) is 5.69 Å². The van der Waals surface area contributed by atoms with Crippen LogP contribution < -0.4 is 10.2 Å². The molecule has 1 aliphatic heterocycles. The van der Waals surface area contributed by atoms with E-state index in [1.807, 2.05) is 6.20 Å². The fraction of sp³-hybridized carbons (Fsp3) is 0.524. The molecule has 1 aromatic carbocycles. The van der Waals surface area contributed by atoms with Gasteiger partial charge in [0.2, 0.25) is 0 Å². The summed E-state index contributed by atoms with van der Waals surface area (Å²) in [5.41, 5.74) is 3.97. The summed E-state index contributed by atoms with van der Waals surface area (Å²) >= 11 is 0. The fourth-order valence-corrected chi connectivity index (χ4v) is 3.45. The SMILES string of the molecule is CC(NC1CCN(c2ccc(C(C)(C)C)cc2)CC1)c1cnccn1. The third kappa shape index (κ3) is 4.57. The topological polar surface area (TPSA) is 41.0 Å². The number of benzene rings is 1. The smallest absolute Gasteiger partial charge is 0.0753 e. The Hall–Kier alpha value is -1.94. The summed E-state index contributed by atoms with van der Waals surface area (Å²) in [6.45, 7) is 11.1. The molecule has 0 saturated carbocycles. The summed E-state index contributed by atoms with van der Waals surface area (Å²) in [4.78, 5) is 11.1. The first kappa shape index (κ1) is 17.9. The second-order valence-corrected chi connectivity index (χ2v) is 8.08. The van der Waals surface area contributed by atoms with Gasteiger partial charge in [0.15, 0.2) is 0 Å². The standard InChI is InChI=1S/C21H30N4/c1-16(20-15-22-11-12-23-20)24-18-9-13-25(14-10-18)19-7-5-17(6-8-19)21(2,3)4/h5-8,11-12,15-16,18,24H,9-10,13-14H2,1-4H3. The number of hydrogen-bond acceptors (Lipinski definition) is 4. The molecular formula is C21H30N4. The number of nitrogens with one attached hydrogen (secondary N) is 1. The van der Waals surface area contributed by atoms with Crippen molar-refractivity contribution in [2.24, 2.45) is 0 Å². The molecule has 0 amide bonds. The molecule has 1 aromatic heterocycles. The van der Waals surface area contributed by atoms with Crippen molar-refractivity contribution in [1.29, 1.82) is 0 Å². The normalized spacial score (nSPS) is 17.5. The van der Waals surface area contributed by atoms with Crippen molar-refractivity contribution in [2.75, 3.05) is 18.0 Å². The maximum Gasteiger partial charge on any atom is 0.0753 e. The lowest BCUT2D eigenvalue weighted by Gasteiger charge is -2.35. The minimum absolute atomic E-state index is 0.214. The van der Waals surface area contributed by atoms with Gasteiger partial charge in [-0.2, -0.15) is 0 Å². The van der Waals surface area contributed by atoms with Crippen molar-refractivity contribution in [3.8, 4) is 0 Å². The van der Waals surface area contributed by atoms with Crippen LogP contribution in [0, 0.1) is 0 Å². The van der Waals surface area contributed by atoms with Crippen LogP contribution in [0.25, 0.3) is 0 Å². The Morgan fingerprint density at radius 1 is 1.08 bits per heavy atom. The van der Waals surface area contributed by atoms with Gasteiger partial charge < -0.3 is 10.2 Å². The van der Waals surface area contributed by atoms with E-state index in [0.717, 1.165) is 31.6 Å². The zero-order valence-electron chi connectivity index (χ0n) is 15.9. The van der Waals surface area contributed by atoms with Crippen LogP contribution >= 0.6 is 0 Å². The lowest BCUT2D eigenvalue weighted by atomic mass is 9.87. The van der Waals surface area contributed by atoms with Crippen molar-refractivity contribution in [3.63, 3.8) is 0 Å². The van der Waals surface area contributed by atoms with Crippen molar-refractivity contribution in [2.45, 2.75) is 58.0 Å². The van der Waals surface area contributed by atoms with Crippen LogP contribution in [0.15, 0.2) is 42.9 Å². The molecule has 2 aromatic rings. The monoisotopic (exact) mass is 338 g/mol. The summed E-state index contributed by atoms with van der Waals surface area (Å²) < 4.78 is 0. The van der Waals surface area contributed by atoms with E-state index >= 15 is 0 Å². The third-order valence-corrected chi connectivity index (χ3v) is 5.11. The van der Waals surface area contributed by atoms with Gasteiger partial charge in [0.05, 0.1) is 5.69 Å². The molecule has 1 aliphatic rings. The third-order valence-electron chi connectivity index (χ3n) is 5.11. The molecule has 0 radical (unpaired) electrons. The van der Waals surface area contributed by atoms with Crippen molar-refractivity contribution < 1.29 is 0 Å². The first-order chi connectivity index (χ1) is 11.9. The molecule has 1 atom stereocenters. The molecule has 1 saturated heterocycles. The van der Waals surface area contributed by atoms with Gasteiger partial charge >= 0.3 is 0 Å². The van der Waals surface area contributed by atoms with E-state index in [2.05, 4.69) is 72.1 Å². The molecule has 0 bridgehead atoms. The summed E-state index contributed by atoms with van der Waals surface area (Å²) in [5.74, 6) is 0. The lowest BCUT2D eigenvalue weighted by Crippen LogP contribution is -2.43. The molecule has 1 fully saturated rings. The van der Waals surface area contributed by atoms with E-state index in [1.165, 1.54) is 11.3 Å². The number of hydrogen-bond donors (Lipinski definition) is 1. The van der Waals surface area contributed by atoms with Crippen molar-refractivity contribution in [1.82, 2.24) is 15.3 Å². The van der Waals surface area contributed by atoms with Crippen molar-refractivity contribution >= 4 is 5.69 Å². The molecule has 4 heteroatoms. The molecule has 1 unspecified atom stereocenters. The maximum atomic E-state index is 4.40. The van der Waals surface area contributed by atoms with E-state index < -0.39 is 0 Å². The first-order valence-corrected chi connectivity index (χ1v) is 9.31. The molecule has 0 spiro atoms. The number of nitrogens with zero attached hydrogens (tertiary/aromatic N) is 3. The Bertz CT molecular complexity index is 653. The Morgan fingerprint density at radius 3 is 2.32 bits per heavy atom. The average Bonchev–Trinajstić information content (AvgIpc) is 2.62. The van der Waals surface area contributed by atoms with Gasteiger partial charge in [0.1, 0.15) is 0 Å². The van der Waals surface area contributed by atoms with Crippen LogP contribution in [0.1, 0.15) is 57.8 Å². The van der Waals surface area contributed by atoms with E-state index in [0.29, 0.717) is 6.04 Å². The molecule has 3 rings (SSSR count). The van der Waals surface area contributed by atoms with E-state index in [4.69, 9.17) is 0 Å². The van der Waals surface area contributed by atoms with Crippen LogP contribution in [0.5, 0.6) is 0 Å². The number of aromatic nitrogens is 2. The zero-order valence-corrected chi connectivity index (χ0v) is 15.9. The van der Waals surface area contributed by atoms with Gasteiger partial charge in [-0.25, -0.2) is 0 Å². The highest BCUT2D eigenvalue weighted by atomic mass is 15.1. The molecule has 134 valence electrons. The van der Waals surface area contributed by atoms with Gasteiger partial charge in [0.25, 0.3) is 0 Å². The Kier molecular flexibility index (Phi) is 5.38. The fourth-order valence-electron chi connectivity index (χ4n) is 3.45. The van der Waals surface area contributed by atoms with E-state index in [-0.39, 0.29) is 11.5 Å². The highest BCUT2D eigenvalue weighted by Crippen LogP contribution is 2.26. The summed E-state index contributed by atoms with van der Waals surface area (Å²) in [5, 5.41) is 3.71. The van der Waals surface area contributed by atoms with Gasteiger partial charge in [-0.05, 0) is 42.9 Å². The number of anilines is 1. The molecule has 0 aliphatic carbocycles. The van der Waals surface area contributed by atoms with E-state index in [9.17, 15) is 0 Å². The molecule has 4 nitrogen and oxygen atoms in total. The summed E-state index contributed by atoms with van der Waals surface area (Å²) in [6, 6.07) is 9.89. The highest BCUT2D eigenvalue weighted by molar-refractivity contribution is 5.49. The Balaban J connectivity index is 1.53. The minimum atomic E-state index is 0.214. The first-order valence-electron chi connectivity index (χ1n) is 9.31. The maximum absolute atomic E-state index is 4.40. The van der Waals surface area contributed by atoms with Crippen LogP contribution in [0.2, 0.25) is 0 Å². The Morgan fingerprint density at radius 2 is 1.76 bits per heavy atom.